The first-order valence-corrected chi connectivity index (χ1v) is 5.45. The number of allylic oxidation sites excluding steroid dienone is 1. The molecule has 0 amide bonds. The number of methoxy groups -OCH3 is 1. The minimum absolute atomic E-state index is 0.680. The van der Waals surface area contributed by atoms with Crippen molar-refractivity contribution in [3.8, 4) is 5.75 Å². The van der Waals surface area contributed by atoms with Gasteiger partial charge in [-0.05, 0) is 35.4 Å². The van der Waals surface area contributed by atoms with Crippen LogP contribution in [0.4, 0.5) is 0 Å². The predicted octanol–water partition coefficient (Wildman–Crippen LogP) is 3.45. The van der Waals surface area contributed by atoms with Crippen molar-refractivity contribution in [2.45, 2.75) is 6.92 Å². The molecule has 0 N–H and O–H groups in total. The maximum Gasteiger partial charge on any atom is 0.145 e. The van der Waals surface area contributed by atoms with Crippen molar-refractivity contribution in [2.75, 3.05) is 7.11 Å². The van der Waals surface area contributed by atoms with Gasteiger partial charge in [0.25, 0.3) is 0 Å². The number of carbonyl (C=O) groups is 1. The lowest BCUT2D eigenvalue weighted by molar-refractivity contribution is -0.104. The van der Waals surface area contributed by atoms with E-state index in [2.05, 4.69) is 0 Å². The Morgan fingerprint density at radius 3 is 2.65 bits per heavy atom. The molecule has 0 atom stereocenters. The van der Waals surface area contributed by atoms with Crippen LogP contribution in [0.2, 0.25) is 0 Å². The van der Waals surface area contributed by atoms with E-state index in [4.69, 9.17) is 4.74 Å². The van der Waals surface area contributed by atoms with Gasteiger partial charge in [-0.25, -0.2) is 0 Å². The van der Waals surface area contributed by atoms with Crippen molar-refractivity contribution in [3.05, 3.63) is 47.5 Å². The Morgan fingerprint density at radius 1 is 1.18 bits per heavy atom. The molecule has 86 valence electrons. The molecule has 0 unspecified atom stereocenters. The molecule has 0 fully saturated rings. The van der Waals surface area contributed by atoms with E-state index in [0.29, 0.717) is 5.57 Å². The number of hydrogen-bond acceptors (Lipinski definition) is 2. The van der Waals surface area contributed by atoms with Crippen molar-refractivity contribution in [1.82, 2.24) is 0 Å². The fraction of sp³-hybridized carbons (Fsp3) is 0.133. The highest BCUT2D eigenvalue weighted by atomic mass is 16.5. The molecule has 0 heterocycles. The van der Waals surface area contributed by atoms with E-state index >= 15 is 0 Å². The summed E-state index contributed by atoms with van der Waals surface area (Å²) in [5, 5.41) is 2.23. The van der Waals surface area contributed by atoms with Gasteiger partial charge in [0.15, 0.2) is 0 Å². The summed E-state index contributed by atoms with van der Waals surface area (Å²) >= 11 is 0. The molecule has 0 radical (unpaired) electrons. The van der Waals surface area contributed by atoms with Crippen molar-refractivity contribution < 1.29 is 9.53 Å². The van der Waals surface area contributed by atoms with E-state index in [0.717, 1.165) is 28.4 Å². The standard InChI is InChI=1S/C15H14O2/c1-11(10-16)9-14-13-6-4-3-5-12(13)7-8-15(14)17-2/h3-10H,1-2H3. The summed E-state index contributed by atoms with van der Waals surface area (Å²) in [4.78, 5) is 10.7. The molecule has 0 aromatic heterocycles. The molecule has 0 bridgehead atoms. The smallest absolute Gasteiger partial charge is 0.145 e. The summed E-state index contributed by atoms with van der Waals surface area (Å²) in [6, 6.07) is 12.0. The third-order valence-electron chi connectivity index (χ3n) is 2.71. The minimum Gasteiger partial charge on any atom is -0.496 e. The van der Waals surface area contributed by atoms with Gasteiger partial charge >= 0.3 is 0 Å². The molecule has 17 heavy (non-hydrogen) atoms. The average molecular weight is 226 g/mol. The molecule has 2 aromatic carbocycles. The van der Waals surface area contributed by atoms with Gasteiger partial charge in [-0.15, -0.1) is 0 Å². The molecule has 0 saturated carbocycles. The van der Waals surface area contributed by atoms with Gasteiger partial charge in [0.2, 0.25) is 0 Å². The first kappa shape index (κ1) is 11.4. The Kier molecular flexibility index (Phi) is 3.24. The highest BCUT2D eigenvalue weighted by Gasteiger charge is 2.05. The Balaban J connectivity index is 2.75. The SMILES string of the molecule is COc1ccc2ccccc2c1C=C(C)C=O. The predicted molar refractivity (Wildman–Crippen MR) is 70.2 cm³/mol. The summed E-state index contributed by atoms with van der Waals surface area (Å²) in [6.45, 7) is 1.79. The molecule has 2 nitrogen and oxygen atoms in total. The van der Waals surface area contributed by atoms with Crippen molar-refractivity contribution in [1.29, 1.82) is 0 Å². The summed E-state index contributed by atoms with van der Waals surface area (Å²) < 4.78 is 5.34. The zero-order valence-corrected chi connectivity index (χ0v) is 9.94. The van der Waals surface area contributed by atoms with E-state index in [1.54, 1.807) is 14.0 Å². The second-order valence-electron chi connectivity index (χ2n) is 3.91. The van der Waals surface area contributed by atoms with Crippen LogP contribution in [0.5, 0.6) is 5.75 Å². The Hall–Kier alpha value is -2.09. The summed E-state index contributed by atoms with van der Waals surface area (Å²) in [7, 11) is 1.64. The van der Waals surface area contributed by atoms with Gasteiger partial charge in [-0.2, -0.15) is 0 Å². The molecule has 0 aliphatic rings. The molecule has 2 aromatic rings. The monoisotopic (exact) mass is 226 g/mol. The molecule has 0 spiro atoms. The lowest BCUT2D eigenvalue weighted by atomic mass is 10.0. The average Bonchev–Trinajstić information content (AvgIpc) is 2.39. The first-order valence-electron chi connectivity index (χ1n) is 5.45. The maximum absolute atomic E-state index is 10.7. The topological polar surface area (TPSA) is 26.3 Å². The van der Waals surface area contributed by atoms with Crippen LogP contribution in [-0.2, 0) is 4.79 Å². The Morgan fingerprint density at radius 2 is 1.94 bits per heavy atom. The number of fused-ring (bicyclic) bond motifs is 1. The number of benzene rings is 2. The highest BCUT2D eigenvalue weighted by Crippen LogP contribution is 2.29. The second-order valence-corrected chi connectivity index (χ2v) is 3.91. The van der Waals surface area contributed by atoms with Gasteiger partial charge in [0.1, 0.15) is 12.0 Å². The quantitative estimate of drug-likeness (QED) is 0.592. The van der Waals surface area contributed by atoms with E-state index in [9.17, 15) is 4.79 Å². The number of hydrogen-bond donors (Lipinski definition) is 0. The van der Waals surface area contributed by atoms with Crippen LogP contribution < -0.4 is 4.74 Å². The van der Waals surface area contributed by atoms with E-state index in [1.807, 2.05) is 42.5 Å². The fourth-order valence-corrected chi connectivity index (χ4v) is 1.86. The molecular formula is C15H14O2. The summed E-state index contributed by atoms with van der Waals surface area (Å²) in [5.41, 5.74) is 1.63. The zero-order chi connectivity index (χ0) is 12.3. The lowest BCUT2D eigenvalue weighted by Crippen LogP contribution is -1.89. The van der Waals surface area contributed by atoms with Crippen LogP contribution in [0.3, 0.4) is 0 Å². The largest absolute Gasteiger partial charge is 0.496 e. The van der Waals surface area contributed by atoms with Crippen LogP contribution >= 0.6 is 0 Å². The number of carbonyl (C=O) groups excluding carboxylic acids is 1. The van der Waals surface area contributed by atoms with E-state index < -0.39 is 0 Å². The van der Waals surface area contributed by atoms with Crippen LogP contribution in [0.25, 0.3) is 16.8 Å². The molecule has 2 rings (SSSR count). The number of rotatable bonds is 3. The Bertz CT molecular complexity index is 582. The highest BCUT2D eigenvalue weighted by molar-refractivity contribution is 5.96. The van der Waals surface area contributed by atoms with Gasteiger partial charge < -0.3 is 4.74 Å². The summed E-state index contributed by atoms with van der Waals surface area (Å²) in [6.07, 6.45) is 2.70. The molecular weight excluding hydrogens is 212 g/mol. The maximum atomic E-state index is 10.7. The van der Waals surface area contributed by atoms with Gasteiger partial charge in [-0.1, -0.05) is 30.3 Å². The first-order chi connectivity index (χ1) is 8.26. The minimum atomic E-state index is 0.680. The molecule has 0 aliphatic heterocycles. The third-order valence-corrected chi connectivity index (χ3v) is 2.71. The number of ether oxygens (including phenoxy) is 1. The second kappa shape index (κ2) is 4.83. The van der Waals surface area contributed by atoms with Crippen molar-refractivity contribution in [3.63, 3.8) is 0 Å². The van der Waals surface area contributed by atoms with Crippen LogP contribution in [-0.4, -0.2) is 13.4 Å². The van der Waals surface area contributed by atoms with Crippen LogP contribution in [0, 0.1) is 0 Å². The van der Waals surface area contributed by atoms with E-state index in [1.165, 1.54) is 0 Å². The fourth-order valence-electron chi connectivity index (χ4n) is 1.86. The van der Waals surface area contributed by atoms with Gasteiger partial charge in [-0.3, -0.25) is 4.79 Å². The molecule has 0 saturated heterocycles. The summed E-state index contributed by atoms with van der Waals surface area (Å²) in [5.74, 6) is 0.782. The molecule has 0 aliphatic carbocycles. The lowest BCUT2D eigenvalue weighted by Gasteiger charge is -2.09. The molecule has 2 heteroatoms. The zero-order valence-electron chi connectivity index (χ0n) is 9.94. The van der Waals surface area contributed by atoms with Crippen molar-refractivity contribution in [2.24, 2.45) is 0 Å². The van der Waals surface area contributed by atoms with Crippen LogP contribution in [0.1, 0.15) is 12.5 Å². The van der Waals surface area contributed by atoms with Gasteiger partial charge in [0, 0.05) is 5.56 Å². The van der Waals surface area contributed by atoms with Crippen LogP contribution in [0.15, 0.2) is 42.0 Å². The Labute approximate surface area is 101 Å². The van der Waals surface area contributed by atoms with E-state index in [-0.39, 0.29) is 0 Å². The van der Waals surface area contributed by atoms with Crippen molar-refractivity contribution >= 4 is 23.1 Å². The third kappa shape index (κ3) is 2.21. The van der Waals surface area contributed by atoms with Gasteiger partial charge in [0.05, 0.1) is 7.11 Å². The normalized spacial score (nSPS) is 11.5. The number of aldehydes is 1.